The lowest BCUT2D eigenvalue weighted by Crippen LogP contribution is -2.51. The molecule has 1 unspecified atom stereocenters. The van der Waals surface area contributed by atoms with Gasteiger partial charge in [-0.15, -0.1) is 0 Å². The predicted octanol–water partition coefficient (Wildman–Crippen LogP) is 3.28. The van der Waals surface area contributed by atoms with Crippen molar-refractivity contribution in [3.05, 3.63) is 24.3 Å². The SMILES string of the molecule is COc1ccccc1NC(=O)NC(=O)N1CCCCC1CCN1CCCC1. The largest absolute Gasteiger partial charge is 0.495 e. The van der Waals surface area contributed by atoms with Crippen LogP contribution in [0.5, 0.6) is 5.75 Å². The monoisotopic (exact) mass is 374 g/mol. The van der Waals surface area contributed by atoms with E-state index < -0.39 is 6.03 Å². The summed E-state index contributed by atoms with van der Waals surface area (Å²) in [5.41, 5.74) is 0.537. The Labute approximate surface area is 161 Å². The molecule has 148 valence electrons. The molecule has 1 aromatic carbocycles. The number of nitrogens with zero attached hydrogens (tertiary/aromatic N) is 2. The fraction of sp³-hybridized carbons (Fsp3) is 0.600. The summed E-state index contributed by atoms with van der Waals surface area (Å²) in [5.74, 6) is 0.557. The van der Waals surface area contributed by atoms with Gasteiger partial charge in [-0.25, -0.2) is 9.59 Å². The standard InChI is InChI=1S/C20H30N4O3/c1-27-18-10-3-2-9-17(18)21-19(25)22-20(26)24-14-5-4-8-16(24)11-15-23-12-6-7-13-23/h2-3,9-10,16H,4-8,11-15H2,1H3,(H2,21,22,25,26). The Balaban J connectivity index is 1.53. The van der Waals surface area contributed by atoms with E-state index in [1.54, 1.807) is 25.3 Å². The van der Waals surface area contributed by atoms with Crippen LogP contribution in [0.1, 0.15) is 38.5 Å². The molecular weight excluding hydrogens is 344 g/mol. The topological polar surface area (TPSA) is 73.9 Å². The van der Waals surface area contributed by atoms with Crippen molar-refractivity contribution in [2.24, 2.45) is 0 Å². The van der Waals surface area contributed by atoms with Gasteiger partial charge in [0.05, 0.1) is 12.8 Å². The number of piperidine rings is 1. The van der Waals surface area contributed by atoms with Gasteiger partial charge in [0.2, 0.25) is 0 Å². The molecule has 2 fully saturated rings. The molecular formula is C20H30N4O3. The van der Waals surface area contributed by atoms with Crippen LogP contribution < -0.4 is 15.4 Å². The number of rotatable bonds is 5. The van der Waals surface area contributed by atoms with Crippen molar-refractivity contribution in [3.8, 4) is 5.75 Å². The number of imide groups is 1. The molecule has 0 aliphatic carbocycles. The Morgan fingerprint density at radius 1 is 1.11 bits per heavy atom. The van der Waals surface area contributed by atoms with Gasteiger partial charge >= 0.3 is 12.1 Å². The number of likely N-dealkylation sites (tertiary alicyclic amines) is 2. The molecule has 7 nitrogen and oxygen atoms in total. The van der Waals surface area contributed by atoms with E-state index in [0.717, 1.165) is 32.2 Å². The van der Waals surface area contributed by atoms with Gasteiger partial charge in [-0.3, -0.25) is 5.32 Å². The molecule has 2 N–H and O–H groups in total. The molecule has 0 spiro atoms. The van der Waals surface area contributed by atoms with E-state index in [-0.39, 0.29) is 12.1 Å². The first-order valence-electron chi connectivity index (χ1n) is 9.91. The Hall–Kier alpha value is -2.28. The molecule has 2 aliphatic rings. The minimum atomic E-state index is -0.534. The van der Waals surface area contributed by atoms with E-state index >= 15 is 0 Å². The third-order valence-electron chi connectivity index (χ3n) is 5.44. The highest BCUT2D eigenvalue weighted by molar-refractivity contribution is 6.01. The fourth-order valence-electron chi connectivity index (χ4n) is 3.98. The van der Waals surface area contributed by atoms with Crippen LogP contribution in [-0.4, -0.2) is 61.2 Å². The van der Waals surface area contributed by atoms with Crippen molar-refractivity contribution in [3.63, 3.8) is 0 Å². The lowest BCUT2D eigenvalue weighted by atomic mass is 9.99. The molecule has 3 rings (SSSR count). The van der Waals surface area contributed by atoms with Crippen LogP contribution in [0, 0.1) is 0 Å². The molecule has 2 aliphatic heterocycles. The molecule has 4 amide bonds. The lowest BCUT2D eigenvalue weighted by Gasteiger charge is -2.36. The summed E-state index contributed by atoms with van der Waals surface area (Å²) < 4.78 is 5.22. The predicted molar refractivity (Wildman–Crippen MR) is 105 cm³/mol. The second-order valence-corrected chi connectivity index (χ2v) is 7.26. The number of ether oxygens (including phenoxy) is 1. The molecule has 27 heavy (non-hydrogen) atoms. The summed E-state index contributed by atoms with van der Waals surface area (Å²) in [6, 6.07) is 6.49. The van der Waals surface area contributed by atoms with Crippen LogP contribution in [0.15, 0.2) is 24.3 Å². The van der Waals surface area contributed by atoms with Crippen molar-refractivity contribution in [1.29, 1.82) is 0 Å². The van der Waals surface area contributed by atoms with Gasteiger partial charge in [-0.05, 0) is 63.7 Å². The van der Waals surface area contributed by atoms with E-state index in [1.807, 2.05) is 11.0 Å². The Bertz CT molecular complexity index is 646. The van der Waals surface area contributed by atoms with Crippen molar-refractivity contribution in [2.45, 2.75) is 44.6 Å². The van der Waals surface area contributed by atoms with Crippen molar-refractivity contribution < 1.29 is 14.3 Å². The number of carbonyl (C=O) groups is 2. The second kappa shape index (κ2) is 9.60. The van der Waals surface area contributed by atoms with Gasteiger partial charge < -0.3 is 19.9 Å². The molecule has 0 radical (unpaired) electrons. The van der Waals surface area contributed by atoms with Gasteiger partial charge in [-0.2, -0.15) is 0 Å². The first-order valence-corrected chi connectivity index (χ1v) is 9.91. The molecule has 0 saturated carbocycles. The van der Waals surface area contributed by atoms with Crippen molar-refractivity contribution in [2.75, 3.05) is 38.6 Å². The number of para-hydroxylation sites is 2. The number of hydrogen-bond acceptors (Lipinski definition) is 4. The maximum atomic E-state index is 12.7. The van der Waals surface area contributed by atoms with Crippen LogP contribution >= 0.6 is 0 Å². The second-order valence-electron chi connectivity index (χ2n) is 7.26. The average Bonchev–Trinajstić information content (AvgIpc) is 3.20. The number of anilines is 1. The summed E-state index contributed by atoms with van der Waals surface area (Å²) in [6.07, 6.45) is 6.66. The molecule has 2 saturated heterocycles. The van der Waals surface area contributed by atoms with E-state index in [9.17, 15) is 9.59 Å². The molecule has 2 heterocycles. The number of methoxy groups -OCH3 is 1. The normalized spacial score (nSPS) is 20.3. The van der Waals surface area contributed by atoms with Gasteiger partial charge in [0, 0.05) is 19.1 Å². The zero-order chi connectivity index (χ0) is 19.1. The molecule has 0 bridgehead atoms. The van der Waals surface area contributed by atoms with Gasteiger partial charge in [0.1, 0.15) is 5.75 Å². The van der Waals surface area contributed by atoms with Crippen molar-refractivity contribution >= 4 is 17.7 Å². The minimum absolute atomic E-state index is 0.207. The first-order chi connectivity index (χ1) is 13.2. The van der Waals surface area contributed by atoms with Crippen molar-refractivity contribution in [1.82, 2.24) is 15.1 Å². The van der Waals surface area contributed by atoms with Crippen LogP contribution in [0.2, 0.25) is 0 Å². The van der Waals surface area contributed by atoms with Crippen LogP contribution in [0.4, 0.5) is 15.3 Å². The van der Waals surface area contributed by atoms with Crippen LogP contribution in [0.3, 0.4) is 0 Å². The molecule has 1 aromatic rings. The third-order valence-corrected chi connectivity index (χ3v) is 5.44. The molecule has 0 aromatic heterocycles. The smallest absolute Gasteiger partial charge is 0.327 e. The summed E-state index contributed by atoms with van der Waals surface area (Å²) in [5, 5.41) is 5.17. The Kier molecular flexibility index (Phi) is 6.92. The highest BCUT2D eigenvalue weighted by Crippen LogP contribution is 2.23. The number of amides is 4. The third kappa shape index (κ3) is 5.35. The number of nitrogens with one attached hydrogen (secondary N) is 2. The van der Waals surface area contributed by atoms with Crippen LogP contribution in [0.25, 0.3) is 0 Å². The van der Waals surface area contributed by atoms with E-state index in [0.29, 0.717) is 18.0 Å². The lowest BCUT2D eigenvalue weighted by molar-refractivity contribution is 0.140. The van der Waals surface area contributed by atoms with E-state index in [1.165, 1.54) is 25.9 Å². The number of carbonyl (C=O) groups excluding carboxylic acids is 2. The summed E-state index contributed by atoms with van der Waals surface area (Å²) in [6.45, 7) is 4.07. The number of hydrogen-bond donors (Lipinski definition) is 2. The zero-order valence-corrected chi connectivity index (χ0v) is 16.1. The Morgan fingerprint density at radius 3 is 2.63 bits per heavy atom. The van der Waals surface area contributed by atoms with Crippen LogP contribution in [-0.2, 0) is 0 Å². The van der Waals surface area contributed by atoms with E-state index in [2.05, 4.69) is 15.5 Å². The fourth-order valence-corrected chi connectivity index (χ4v) is 3.98. The van der Waals surface area contributed by atoms with Gasteiger partial charge in [-0.1, -0.05) is 12.1 Å². The highest BCUT2D eigenvalue weighted by Gasteiger charge is 2.28. The van der Waals surface area contributed by atoms with E-state index in [4.69, 9.17) is 4.74 Å². The first kappa shape index (κ1) is 19.5. The highest BCUT2D eigenvalue weighted by atomic mass is 16.5. The van der Waals surface area contributed by atoms with Gasteiger partial charge in [0.25, 0.3) is 0 Å². The average molecular weight is 374 g/mol. The molecule has 1 atom stereocenters. The maximum Gasteiger partial charge on any atom is 0.327 e. The maximum absolute atomic E-state index is 12.7. The molecule has 7 heteroatoms. The summed E-state index contributed by atoms with van der Waals surface area (Å²) in [4.78, 5) is 29.2. The number of benzene rings is 1. The minimum Gasteiger partial charge on any atom is -0.495 e. The zero-order valence-electron chi connectivity index (χ0n) is 16.1. The summed E-state index contributed by atoms with van der Waals surface area (Å²) in [7, 11) is 1.54. The quantitative estimate of drug-likeness (QED) is 0.829. The Morgan fingerprint density at radius 2 is 1.85 bits per heavy atom. The summed E-state index contributed by atoms with van der Waals surface area (Å²) >= 11 is 0. The van der Waals surface area contributed by atoms with Gasteiger partial charge in [0.15, 0.2) is 0 Å². The number of urea groups is 2.